The summed E-state index contributed by atoms with van der Waals surface area (Å²) < 4.78 is 2.00. The van der Waals surface area contributed by atoms with Gasteiger partial charge in [-0.15, -0.1) is 0 Å². The van der Waals surface area contributed by atoms with Crippen molar-refractivity contribution in [3.05, 3.63) is 42.7 Å². The molecule has 1 amide bonds. The van der Waals surface area contributed by atoms with Crippen molar-refractivity contribution in [2.45, 2.75) is 20.4 Å². The van der Waals surface area contributed by atoms with Crippen molar-refractivity contribution >= 4 is 11.6 Å². The summed E-state index contributed by atoms with van der Waals surface area (Å²) in [5.41, 5.74) is 1.38. The van der Waals surface area contributed by atoms with Gasteiger partial charge in [-0.1, -0.05) is 0 Å². The van der Waals surface area contributed by atoms with E-state index in [0.29, 0.717) is 18.8 Å². The molecule has 0 aromatic carbocycles. The standard InChI is InChI=1S/C15H21N5O/c1-3-20(4-2)15(21)14-11-13(5-6-18-14)17-8-10-19-9-7-16-12-19/h5-7,9,11-12H,3-4,8,10H2,1-2H3,(H,17,18). The molecule has 0 spiro atoms. The number of amides is 1. The molecule has 2 aromatic heterocycles. The SMILES string of the molecule is CCN(CC)C(=O)c1cc(NCCn2ccnc2)ccn1. The Morgan fingerprint density at radius 3 is 2.81 bits per heavy atom. The predicted octanol–water partition coefficient (Wildman–Crippen LogP) is 1.87. The predicted molar refractivity (Wildman–Crippen MR) is 82.2 cm³/mol. The van der Waals surface area contributed by atoms with Crippen LogP contribution >= 0.6 is 0 Å². The van der Waals surface area contributed by atoms with E-state index < -0.39 is 0 Å². The van der Waals surface area contributed by atoms with E-state index in [0.717, 1.165) is 18.8 Å². The minimum absolute atomic E-state index is 0.0294. The molecule has 2 rings (SSSR count). The number of pyridine rings is 1. The summed E-state index contributed by atoms with van der Waals surface area (Å²) in [5.74, 6) is -0.0294. The van der Waals surface area contributed by atoms with Gasteiger partial charge in [-0.3, -0.25) is 9.78 Å². The van der Waals surface area contributed by atoms with Gasteiger partial charge < -0.3 is 14.8 Å². The van der Waals surface area contributed by atoms with Gasteiger partial charge in [0.15, 0.2) is 0 Å². The van der Waals surface area contributed by atoms with E-state index in [1.165, 1.54) is 0 Å². The Kier molecular flexibility index (Phi) is 5.31. The highest BCUT2D eigenvalue weighted by molar-refractivity contribution is 5.93. The first-order chi connectivity index (χ1) is 10.2. The molecule has 0 fully saturated rings. The van der Waals surface area contributed by atoms with E-state index in [1.807, 2.05) is 30.7 Å². The van der Waals surface area contributed by atoms with Crippen molar-refractivity contribution in [2.75, 3.05) is 25.0 Å². The Morgan fingerprint density at radius 2 is 2.14 bits per heavy atom. The molecule has 2 heterocycles. The molecular formula is C15H21N5O. The van der Waals surface area contributed by atoms with Crippen LogP contribution in [0.25, 0.3) is 0 Å². The first kappa shape index (κ1) is 15.0. The lowest BCUT2D eigenvalue weighted by atomic mass is 10.2. The molecule has 0 radical (unpaired) electrons. The minimum atomic E-state index is -0.0294. The molecule has 0 saturated carbocycles. The zero-order valence-electron chi connectivity index (χ0n) is 12.5. The third kappa shape index (κ3) is 4.05. The maximum absolute atomic E-state index is 12.2. The van der Waals surface area contributed by atoms with Gasteiger partial charge in [0.2, 0.25) is 0 Å². The molecule has 0 aliphatic heterocycles. The van der Waals surface area contributed by atoms with Crippen LogP contribution in [0.2, 0.25) is 0 Å². The molecule has 0 bridgehead atoms. The molecule has 0 aliphatic rings. The molecule has 0 saturated heterocycles. The fourth-order valence-corrected chi connectivity index (χ4v) is 2.08. The van der Waals surface area contributed by atoms with E-state index in [1.54, 1.807) is 29.7 Å². The van der Waals surface area contributed by atoms with Gasteiger partial charge in [0.25, 0.3) is 5.91 Å². The molecule has 0 unspecified atom stereocenters. The largest absolute Gasteiger partial charge is 0.383 e. The van der Waals surface area contributed by atoms with Crippen molar-refractivity contribution < 1.29 is 4.79 Å². The van der Waals surface area contributed by atoms with Crippen LogP contribution in [-0.4, -0.2) is 45.0 Å². The van der Waals surface area contributed by atoms with Gasteiger partial charge in [-0.2, -0.15) is 0 Å². The minimum Gasteiger partial charge on any atom is -0.383 e. The van der Waals surface area contributed by atoms with Gasteiger partial charge in [-0.05, 0) is 26.0 Å². The van der Waals surface area contributed by atoms with E-state index in [9.17, 15) is 4.79 Å². The zero-order chi connectivity index (χ0) is 15.1. The van der Waals surface area contributed by atoms with E-state index in [2.05, 4.69) is 15.3 Å². The third-order valence-corrected chi connectivity index (χ3v) is 3.29. The number of hydrogen-bond acceptors (Lipinski definition) is 4. The molecule has 112 valence electrons. The Hall–Kier alpha value is -2.37. The number of hydrogen-bond donors (Lipinski definition) is 1. The maximum Gasteiger partial charge on any atom is 0.272 e. The van der Waals surface area contributed by atoms with Crippen LogP contribution in [0, 0.1) is 0 Å². The van der Waals surface area contributed by atoms with Crippen LogP contribution in [0.5, 0.6) is 0 Å². The average molecular weight is 287 g/mol. The fourth-order valence-electron chi connectivity index (χ4n) is 2.08. The Morgan fingerprint density at radius 1 is 1.33 bits per heavy atom. The van der Waals surface area contributed by atoms with Crippen LogP contribution in [0.1, 0.15) is 24.3 Å². The van der Waals surface area contributed by atoms with Gasteiger partial charge in [0.05, 0.1) is 6.33 Å². The third-order valence-electron chi connectivity index (χ3n) is 3.29. The highest BCUT2D eigenvalue weighted by Gasteiger charge is 2.13. The Bertz CT molecular complexity index is 563. The summed E-state index contributed by atoms with van der Waals surface area (Å²) in [6.07, 6.45) is 7.12. The van der Waals surface area contributed by atoms with Crippen molar-refractivity contribution in [2.24, 2.45) is 0 Å². The number of aromatic nitrogens is 3. The van der Waals surface area contributed by atoms with E-state index in [4.69, 9.17) is 0 Å². The number of imidazole rings is 1. The molecule has 6 nitrogen and oxygen atoms in total. The van der Waals surface area contributed by atoms with Crippen molar-refractivity contribution in [3.8, 4) is 0 Å². The maximum atomic E-state index is 12.2. The summed E-state index contributed by atoms with van der Waals surface area (Å²) in [5, 5.41) is 3.29. The van der Waals surface area contributed by atoms with E-state index >= 15 is 0 Å². The van der Waals surface area contributed by atoms with Crippen LogP contribution in [0.3, 0.4) is 0 Å². The number of anilines is 1. The van der Waals surface area contributed by atoms with Gasteiger partial charge in [0.1, 0.15) is 5.69 Å². The number of carbonyl (C=O) groups excluding carboxylic acids is 1. The molecule has 0 aliphatic carbocycles. The smallest absolute Gasteiger partial charge is 0.272 e. The zero-order valence-corrected chi connectivity index (χ0v) is 12.5. The lowest BCUT2D eigenvalue weighted by molar-refractivity contribution is 0.0767. The fraction of sp³-hybridized carbons (Fsp3) is 0.400. The summed E-state index contributed by atoms with van der Waals surface area (Å²) in [6.45, 7) is 6.90. The second-order valence-corrected chi connectivity index (χ2v) is 4.63. The summed E-state index contributed by atoms with van der Waals surface area (Å²) in [7, 11) is 0. The Labute approximate surface area is 124 Å². The summed E-state index contributed by atoms with van der Waals surface area (Å²) in [4.78, 5) is 22.2. The number of carbonyl (C=O) groups is 1. The van der Waals surface area contributed by atoms with Crippen molar-refractivity contribution in [1.29, 1.82) is 0 Å². The van der Waals surface area contributed by atoms with Gasteiger partial charge in [0, 0.05) is 50.5 Å². The van der Waals surface area contributed by atoms with Crippen molar-refractivity contribution in [1.82, 2.24) is 19.4 Å². The van der Waals surface area contributed by atoms with Gasteiger partial charge >= 0.3 is 0 Å². The highest BCUT2D eigenvalue weighted by Crippen LogP contribution is 2.10. The number of nitrogens with zero attached hydrogens (tertiary/aromatic N) is 4. The molecule has 21 heavy (non-hydrogen) atoms. The lowest BCUT2D eigenvalue weighted by Crippen LogP contribution is -2.31. The second-order valence-electron chi connectivity index (χ2n) is 4.63. The number of rotatable bonds is 7. The number of nitrogens with one attached hydrogen (secondary N) is 1. The lowest BCUT2D eigenvalue weighted by Gasteiger charge is -2.18. The normalized spacial score (nSPS) is 10.4. The molecule has 6 heteroatoms. The average Bonchev–Trinajstić information content (AvgIpc) is 3.02. The molecular weight excluding hydrogens is 266 g/mol. The van der Waals surface area contributed by atoms with Crippen LogP contribution < -0.4 is 5.32 Å². The first-order valence-electron chi connectivity index (χ1n) is 7.19. The molecule has 2 aromatic rings. The Balaban J connectivity index is 1.95. The van der Waals surface area contributed by atoms with Gasteiger partial charge in [-0.25, -0.2) is 4.98 Å². The first-order valence-corrected chi connectivity index (χ1v) is 7.19. The highest BCUT2D eigenvalue weighted by atomic mass is 16.2. The monoisotopic (exact) mass is 287 g/mol. The quantitative estimate of drug-likeness (QED) is 0.844. The van der Waals surface area contributed by atoms with E-state index in [-0.39, 0.29) is 5.91 Å². The van der Waals surface area contributed by atoms with Crippen molar-refractivity contribution in [3.63, 3.8) is 0 Å². The second kappa shape index (κ2) is 7.42. The summed E-state index contributed by atoms with van der Waals surface area (Å²) in [6, 6.07) is 3.67. The van der Waals surface area contributed by atoms with Crippen LogP contribution in [0.15, 0.2) is 37.1 Å². The topological polar surface area (TPSA) is 63.1 Å². The van der Waals surface area contributed by atoms with Crippen LogP contribution in [0.4, 0.5) is 5.69 Å². The molecule has 0 atom stereocenters. The summed E-state index contributed by atoms with van der Waals surface area (Å²) >= 11 is 0. The van der Waals surface area contributed by atoms with Crippen LogP contribution in [-0.2, 0) is 6.54 Å². The molecule has 1 N–H and O–H groups in total.